The van der Waals surface area contributed by atoms with Crippen LogP contribution in [0.5, 0.6) is 0 Å². The lowest BCUT2D eigenvalue weighted by molar-refractivity contribution is 0.505. The van der Waals surface area contributed by atoms with Crippen molar-refractivity contribution in [1.29, 1.82) is 0 Å². The Labute approximate surface area is 145 Å². The van der Waals surface area contributed by atoms with Gasteiger partial charge in [0.2, 0.25) is 0 Å². The predicted molar refractivity (Wildman–Crippen MR) is 91.1 cm³/mol. The van der Waals surface area contributed by atoms with Crippen LogP contribution in [0.3, 0.4) is 0 Å². The maximum atomic E-state index is 6.35. The summed E-state index contributed by atoms with van der Waals surface area (Å²) in [4.78, 5) is 4.43. The minimum absolute atomic E-state index is 0.161. The van der Waals surface area contributed by atoms with Crippen LogP contribution in [0.2, 0.25) is 5.02 Å². The first-order valence-electron chi connectivity index (χ1n) is 6.46. The van der Waals surface area contributed by atoms with E-state index in [1.165, 1.54) is 0 Å². The Morgan fingerprint density at radius 3 is 2.76 bits per heavy atom. The zero-order chi connectivity index (χ0) is 15.6. The van der Waals surface area contributed by atoms with Crippen LogP contribution in [0.15, 0.2) is 21.2 Å². The summed E-state index contributed by atoms with van der Waals surface area (Å²) in [5.41, 5.74) is 5.42. The lowest BCUT2D eigenvalue weighted by Gasteiger charge is -2.17. The monoisotopic (exact) mass is 435 g/mol. The molecule has 21 heavy (non-hydrogen) atoms. The molecule has 0 amide bonds. The minimum atomic E-state index is -0.161. The van der Waals surface area contributed by atoms with Crippen molar-refractivity contribution in [2.45, 2.75) is 32.9 Å². The van der Waals surface area contributed by atoms with E-state index in [2.05, 4.69) is 47.4 Å². The van der Waals surface area contributed by atoms with Gasteiger partial charge < -0.3 is 0 Å². The zero-order valence-corrected chi connectivity index (χ0v) is 15.6. The van der Waals surface area contributed by atoms with Crippen molar-refractivity contribution in [1.82, 2.24) is 20.2 Å². The molecule has 5 nitrogen and oxygen atoms in total. The Morgan fingerprint density at radius 1 is 1.48 bits per heavy atom. The molecule has 2 aromatic heterocycles. The van der Waals surface area contributed by atoms with E-state index < -0.39 is 0 Å². The second-order valence-electron chi connectivity index (χ2n) is 4.61. The van der Waals surface area contributed by atoms with E-state index in [4.69, 9.17) is 17.4 Å². The molecule has 1 unspecified atom stereocenters. The van der Waals surface area contributed by atoms with Crippen molar-refractivity contribution in [3.63, 3.8) is 0 Å². The molecule has 0 bridgehead atoms. The van der Waals surface area contributed by atoms with Gasteiger partial charge in [0.1, 0.15) is 0 Å². The number of aryl methyl sites for hydroxylation is 2. The Hall–Kier alpha value is -0.470. The summed E-state index contributed by atoms with van der Waals surface area (Å²) in [5, 5.41) is 5.11. The number of hydrogen-bond acceptors (Lipinski definition) is 4. The molecule has 3 N–H and O–H groups in total. The van der Waals surface area contributed by atoms with Gasteiger partial charge in [-0.1, -0.05) is 11.6 Å². The molecule has 114 valence electrons. The van der Waals surface area contributed by atoms with E-state index in [0.717, 1.165) is 32.6 Å². The van der Waals surface area contributed by atoms with Crippen LogP contribution in [0.4, 0.5) is 0 Å². The number of aromatic nitrogens is 3. The molecule has 0 fully saturated rings. The second-order valence-corrected chi connectivity index (χ2v) is 6.75. The molecule has 0 radical (unpaired) electrons. The molecule has 0 saturated heterocycles. The van der Waals surface area contributed by atoms with Gasteiger partial charge in [0.15, 0.2) is 0 Å². The first-order valence-corrected chi connectivity index (χ1v) is 8.43. The molecule has 0 saturated carbocycles. The lowest BCUT2D eigenvalue weighted by atomic mass is 10.1. The maximum absolute atomic E-state index is 6.35. The summed E-state index contributed by atoms with van der Waals surface area (Å²) >= 11 is 13.3. The van der Waals surface area contributed by atoms with Gasteiger partial charge in [-0.15, -0.1) is 0 Å². The molecule has 0 aliphatic heterocycles. The van der Waals surface area contributed by atoms with E-state index in [1.807, 2.05) is 24.6 Å². The van der Waals surface area contributed by atoms with Gasteiger partial charge in [-0.05, 0) is 51.8 Å². The number of rotatable bonds is 5. The van der Waals surface area contributed by atoms with Gasteiger partial charge in [-0.25, -0.2) is 0 Å². The number of hydrazine groups is 1. The smallest absolute Gasteiger partial charge is 0.0847 e. The molecule has 2 aromatic rings. The minimum Gasteiger partial charge on any atom is -0.271 e. The van der Waals surface area contributed by atoms with Crippen LogP contribution >= 0.6 is 43.5 Å². The SMILES string of the molecule is CCn1nc(C)c(Cl)c1CC(NN)c1ncc(Br)cc1Br. The van der Waals surface area contributed by atoms with E-state index in [-0.39, 0.29) is 6.04 Å². The van der Waals surface area contributed by atoms with Crippen LogP contribution in [0.1, 0.15) is 30.0 Å². The highest BCUT2D eigenvalue weighted by atomic mass is 79.9. The van der Waals surface area contributed by atoms with Gasteiger partial charge in [-0.2, -0.15) is 5.10 Å². The van der Waals surface area contributed by atoms with Gasteiger partial charge in [-0.3, -0.25) is 20.9 Å². The van der Waals surface area contributed by atoms with E-state index >= 15 is 0 Å². The third-order valence-electron chi connectivity index (χ3n) is 3.22. The average molecular weight is 438 g/mol. The van der Waals surface area contributed by atoms with Gasteiger partial charge in [0.25, 0.3) is 0 Å². The predicted octanol–water partition coefficient (Wildman–Crippen LogP) is 3.53. The average Bonchev–Trinajstić information content (AvgIpc) is 2.72. The largest absolute Gasteiger partial charge is 0.271 e. The topological polar surface area (TPSA) is 68.8 Å². The fraction of sp³-hybridized carbons (Fsp3) is 0.385. The Kier molecular flexibility index (Phi) is 5.79. The molecule has 8 heteroatoms. The number of halogens is 3. The van der Waals surface area contributed by atoms with Crippen molar-refractivity contribution >= 4 is 43.5 Å². The van der Waals surface area contributed by atoms with Crippen LogP contribution in [0.25, 0.3) is 0 Å². The molecule has 2 heterocycles. The van der Waals surface area contributed by atoms with Gasteiger partial charge >= 0.3 is 0 Å². The number of nitrogens with one attached hydrogen (secondary N) is 1. The van der Waals surface area contributed by atoms with Gasteiger partial charge in [0.05, 0.1) is 28.1 Å². The van der Waals surface area contributed by atoms with E-state index in [1.54, 1.807) is 6.20 Å². The van der Waals surface area contributed by atoms with Crippen LogP contribution in [-0.4, -0.2) is 14.8 Å². The number of nitrogens with two attached hydrogens (primary N) is 1. The quantitative estimate of drug-likeness (QED) is 0.555. The van der Waals surface area contributed by atoms with Crippen LogP contribution < -0.4 is 11.3 Å². The fourth-order valence-corrected chi connectivity index (χ4v) is 3.65. The summed E-state index contributed by atoms with van der Waals surface area (Å²) in [5.74, 6) is 5.71. The van der Waals surface area contributed by atoms with Crippen molar-refractivity contribution in [2.24, 2.45) is 5.84 Å². The normalized spacial score (nSPS) is 12.7. The summed E-state index contributed by atoms with van der Waals surface area (Å²) in [6.07, 6.45) is 2.35. The fourth-order valence-electron chi connectivity index (χ4n) is 2.17. The number of hydrogen-bond donors (Lipinski definition) is 2. The highest BCUT2D eigenvalue weighted by Gasteiger charge is 2.21. The van der Waals surface area contributed by atoms with Gasteiger partial charge in [0, 0.05) is 28.1 Å². The molecular weight excluding hydrogens is 421 g/mol. The summed E-state index contributed by atoms with van der Waals surface area (Å²) < 4.78 is 3.69. The Bertz CT molecular complexity index is 644. The molecule has 2 rings (SSSR count). The lowest BCUT2D eigenvalue weighted by Crippen LogP contribution is -2.31. The molecule has 0 aliphatic carbocycles. The van der Waals surface area contributed by atoms with Crippen LogP contribution in [-0.2, 0) is 13.0 Å². The maximum Gasteiger partial charge on any atom is 0.0847 e. The van der Waals surface area contributed by atoms with Crippen molar-refractivity contribution in [3.8, 4) is 0 Å². The van der Waals surface area contributed by atoms with Crippen molar-refractivity contribution < 1.29 is 0 Å². The molecule has 0 aromatic carbocycles. The van der Waals surface area contributed by atoms with E-state index in [0.29, 0.717) is 11.4 Å². The third-order valence-corrected chi connectivity index (χ3v) is 4.78. The van der Waals surface area contributed by atoms with E-state index in [9.17, 15) is 0 Å². The van der Waals surface area contributed by atoms with Crippen LogP contribution in [0, 0.1) is 6.92 Å². The first kappa shape index (κ1) is 16.9. The summed E-state index contributed by atoms with van der Waals surface area (Å²) in [6.45, 7) is 4.69. The molecule has 0 aliphatic rings. The molecular formula is C13H16Br2ClN5. The Balaban J connectivity index is 2.35. The standard InChI is InChI=1S/C13H16Br2ClN5/c1-3-21-11(12(16)7(2)20-21)5-10(19-17)13-9(15)4-8(14)6-18-13/h4,6,10,19H,3,5,17H2,1-2H3. The van der Waals surface area contributed by atoms with Crippen molar-refractivity contribution in [3.05, 3.63) is 43.3 Å². The highest BCUT2D eigenvalue weighted by Crippen LogP contribution is 2.29. The highest BCUT2D eigenvalue weighted by molar-refractivity contribution is 9.11. The summed E-state index contributed by atoms with van der Waals surface area (Å²) in [7, 11) is 0. The third kappa shape index (κ3) is 3.65. The molecule has 0 spiro atoms. The first-order chi connectivity index (χ1) is 9.97. The Morgan fingerprint density at radius 2 is 2.19 bits per heavy atom. The molecule has 1 atom stereocenters. The van der Waals surface area contributed by atoms with Crippen molar-refractivity contribution in [2.75, 3.05) is 0 Å². The number of nitrogens with zero attached hydrogens (tertiary/aromatic N) is 3. The second kappa shape index (κ2) is 7.19. The summed E-state index contributed by atoms with van der Waals surface area (Å²) in [6, 6.07) is 1.78. The number of pyridine rings is 1. The zero-order valence-electron chi connectivity index (χ0n) is 11.7.